The first-order valence-electron chi connectivity index (χ1n) is 8.87. The molecule has 6 nitrogen and oxygen atoms in total. The van der Waals surface area contributed by atoms with Crippen LogP contribution in [0.5, 0.6) is 0 Å². The molecule has 0 aliphatic carbocycles. The Morgan fingerprint density at radius 3 is 2.96 bits per heavy atom. The van der Waals surface area contributed by atoms with Gasteiger partial charge in [-0.15, -0.1) is 0 Å². The number of fused-ring (bicyclic) bond motifs is 1. The van der Waals surface area contributed by atoms with Crippen molar-refractivity contribution in [3.63, 3.8) is 0 Å². The van der Waals surface area contributed by atoms with Gasteiger partial charge in [0.1, 0.15) is 6.04 Å². The van der Waals surface area contributed by atoms with Gasteiger partial charge < -0.3 is 15.0 Å². The average molecular weight is 344 g/mol. The van der Waals surface area contributed by atoms with E-state index in [-0.39, 0.29) is 17.8 Å². The number of amides is 2. The maximum Gasteiger partial charge on any atom is 0.328 e. The minimum absolute atomic E-state index is 0.0214. The number of benzene rings is 1. The number of nitrogens with one attached hydrogen (secondary N) is 1. The van der Waals surface area contributed by atoms with Crippen molar-refractivity contribution in [2.75, 3.05) is 19.0 Å². The van der Waals surface area contributed by atoms with Crippen LogP contribution >= 0.6 is 0 Å². The summed E-state index contributed by atoms with van der Waals surface area (Å²) in [4.78, 5) is 37.5. The molecule has 1 N–H and O–H groups in total. The number of likely N-dealkylation sites (tertiary alicyclic amines) is 1. The molecule has 2 aliphatic heterocycles. The number of nitrogens with zero attached hydrogens (tertiary/aromatic N) is 1. The molecule has 1 aromatic rings. The Bertz CT molecular complexity index is 686. The molecule has 134 valence electrons. The lowest BCUT2D eigenvalue weighted by Crippen LogP contribution is -2.48. The molecule has 3 rings (SSSR count). The first-order valence-corrected chi connectivity index (χ1v) is 8.87. The van der Waals surface area contributed by atoms with Crippen LogP contribution < -0.4 is 5.32 Å². The summed E-state index contributed by atoms with van der Waals surface area (Å²) in [7, 11) is 1.37. The van der Waals surface area contributed by atoms with Crippen LogP contribution in [0.3, 0.4) is 0 Å². The van der Waals surface area contributed by atoms with Gasteiger partial charge in [-0.1, -0.05) is 12.1 Å². The summed E-state index contributed by atoms with van der Waals surface area (Å²) >= 11 is 0. The van der Waals surface area contributed by atoms with Crippen molar-refractivity contribution < 1.29 is 19.1 Å². The SMILES string of the molecule is COC(=O)[C@@H]1CCCCN1C(=O)CCCc1ccc2c(c1)CC(=O)N2. The van der Waals surface area contributed by atoms with Crippen LogP contribution in [0.1, 0.15) is 43.2 Å². The number of aryl methyl sites for hydroxylation is 1. The van der Waals surface area contributed by atoms with Crippen LogP contribution in [0.4, 0.5) is 5.69 Å². The van der Waals surface area contributed by atoms with Crippen LogP contribution in [-0.4, -0.2) is 42.4 Å². The third-order valence-electron chi connectivity index (χ3n) is 4.95. The topological polar surface area (TPSA) is 75.7 Å². The molecule has 0 unspecified atom stereocenters. The number of carbonyl (C=O) groups is 3. The molecule has 0 spiro atoms. The van der Waals surface area contributed by atoms with E-state index in [2.05, 4.69) is 5.32 Å². The van der Waals surface area contributed by atoms with Gasteiger partial charge in [-0.25, -0.2) is 4.79 Å². The van der Waals surface area contributed by atoms with Gasteiger partial charge in [-0.3, -0.25) is 9.59 Å². The summed E-state index contributed by atoms with van der Waals surface area (Å²) in [5.74, 6) is -0.266. The second kappa shape index (κ2) is 7.68. The van der Waals surface area contributed by atoms with E-state index in [1.54, 1.807) is 4.90 Å². The third-order valence-corrected chi connectivity index (χ3v) is 4.95. The van der Waals surface area contributed by atoms with E-state index in [0.29, 0.717) is 25.8 Å². The number of hydrogen-bond acceptors (Lipinski definition) is 4. The van der Waals surface area contributed by atoms with Crippen molar-refractivity contribution in [3.8, 4) is 0 Å². The van der Waals surface area contributed by atoms with Crippen LogP contribution in [0.2, 0.25) is 0 Å². The molecular formula is C19H24N2O4. The molecule has 2 aliphatic rings. The monoisotopic (exact) mass is 344 g/mol. The van der Waals surface area contributed by atoms with Crippen molar-refractivity contribution in [3.05, 3.63) is 29.3 Å². The Balaban J connectivity index is 1.53. The van der Waals surface area contributed by atoms with Gasteiger partial charge in [0.15, 0.2) is 0 Å². The number of esters is 1. The highest BCUT2D eigenvalue weighted by Gasteiger charge is 2.32. The number of anilines is 1. The number of piperidine rings is 1. The predicted molar refractivity (Wildman–Crippen MR) is 93.1 cm³/mol. The average Bonchev–Trinajstić information content (AvgIpc) is 3.00. The zero-order valence-corrected chi connectivity index (χ0v) is 14.5. The molecule has 1 saturated heterocycles. The maximum absolute atomic E-state index is 12.5. The van der Waals surface area contributed by atoms with Crippen molar-refractivity contribution in [2.45, 2.75) is 51.0 Å². The Labute approximate surface area is 147 Å². The van der Waals surface area contributed by atoms with Gasteiger partial charge in [-0.2, -0.15) is 0 Å². The highest BCUT2D eigenvalue weighted by molar-refractivity contribution is 5.99. The second-order valence-electron chi connectivity index (χ2n) is 6.69. The Hall–Kier alpha value is -2.37. The fraction of sp³-hybridized carbons (Fsp3) is 0.526. The maximum atomic E-state index is 12.5. The van der Waals surface area contributed by atoms with Crippen molar-refractivity contribution in [1.29, 1.82) is 0 Å². The molecule has 6 heteroatoms. The summed E-state index contributed by atoms with van der Waals surface area (Å²) in [5.41, 5.74) is 3.04. The van der Waals surface area contributed by atoms with Gasteiger partial charge in [0.25, 0.3) is 0 Å². The van der Waals surface area contributed by atoms with Crippen molar-refractivity contribution >= 4 is 23.5 Å². The first-order chi connectivity index (χ1) is 12.1. The molecule has 1 aromatic carbocycles. The molecule has 0 aromatic heterocycles. The minimum Gasteiger partial charge on any atom is -0.467 e. The van der Waals surface area contributed by atoms with Gasteiger partial charge >= 0.3 is 5.97 Å². The highest BCUT2D eigenvalue weighted by Crippen LogP contribution is 2.25. The molecular weight excluding hydrogens is 320 g/mol. The smallest absolute Gasteiger partial charge is 0.328 e. The normalized spacial score (nSPS) is 19.3. The number of carbonyl (C=O) groups excluding carboxylic acids is 3. The number of rotatable bonds is 5. The summed E-state index contributed by atoms with van der Waals surface area (Å²) in [6.07, 6.45) is 4.92. The molecule has 2 amide bonds. The molecule has 0 radical (unpaired) electrons. The van der Waals surface area contributed by atoms with E-state index < -0.39 is 6.04 Å². The minimum atomic E-state index is -0.427. The summed E-state index contributed by atoms with van der Waals surface area (Å²) in [6.45, 7) is 0.630. The van der Waals surface area contributed by atoms with Crippen LogP contribution in [0.25, 0.3) is 0 Å². The van der Waals surface area contributed by atoms with E-state index >= 15 is 0 Å². The highest BCUT2D eigenvalue weighted by atomic mass is 16.5. The van der Waals surface area contributed by atoms with Gasteiger partial charge in [0.05, 0.1) is 13.5 Å². The quantitative estimate of drug-likeness (QED) is 0.830. The molecule has 25 heavy (non-hydrogen) atoms. The van der Waals surface area contributed by atoms with Gasteiger partial charge in [0.2, 0.25) is 11.8 Å². The zero-order chi connectivity index (χ0) is 17.8. The summed E-state index contributed by atoms with van der Waals surface area (Å²) < 4.78 is 4.83. The van der Waals surface area contributed by atoms with E-state index in [4.69, 9.17) is 4.74 Å². The van der Waals surface area contributed by atoms with Crippen molar-refractivity contribution in [2.24, 2.45) is 0 Å². The zero-order valence-electron chi connectivity index (χ0n) is 14.5. The van der Waals surface area contributed by atoms with E-state index in [0.717, 1.165) is 42.5 Å². The first kappa shape index (κ1) is 17.5. The Morgan fingerprint density at radius 2 is 2.16 bits per heavy atom. The number of hydrogen-bond donors (Lipinski definition) is 1. The lowest BCUT2D eigenvalue weighted by molar-refractivity contribution is -0.154. The van der Waals surface area contributed by atoms with E-state index in [9.17, 15) is 14.4 Å². The predicted octanol–water partition coefficient (Wildman–Crippen LogP) is 2.06. The molecule has 0 bridgehead atoms. The Kier molecular flexibility index (Phi) is 5.36. The lowest BCUT2D eigenvalue weighted by atomic mass is 10.00. The van der Waals surface area contributed by atoms with E-state index in [1.165, 1.54) is 7.11 Å². The van der Waals surface area contributed by atoms with Crippen LogP contribution in [0, 0.1) is 0 Å². The Morgan fingerprint density at radius 1 is 1.32 bits per heavy atom. The van der Waals surface area contributed by atoms with Gasteiger partial charge in [0, 0.05) is 18.7 Å². The standard InChI is InChI=1S/C19H24N2O4/c1-25-19(24)16-6-2-3-10-21(16)18(23)7-4-5-13-8-9-15-14(11-13)12-17(22)20-15/h8-9,11,16H,2-7,10,12H2,1H3,(H,20,22)/t16-/m0/s1. The fourth-order valence-corrected chi connectivity index (χ4v) is 3.64. The molecule has 1 fully saturated rings. The summed E-state index contributed by atoms with van der Waals surface area (Å²) in [5, 5.41) is 2.82. The van der Waals surface area contributed by atoms with E-state index in [1.807, 2.05) is 18.2 Å². The molecule has 0 saturated carbocycles. The van der Waals surface area contributed by atoms with Gasteiger partial charge in [-0.05, 0) is 49.3 Å². The summed E-state index contributed by atoms with van der Waals surface area (Å²) in [6, 6.07) is 5.53. The lowest BCUT2D eigenvalue weighted by Gasteiger charge is -2.33. The van der Waals surface area contributed by atoms with Crippen molar-refractivity contribution in [1.82, 2.24) is 4.90 Å². The molecule has 2 heterocycles. The number of methoxy groups -OCH3 is 1. The fourth-order valence-electron chi connectivity index (χ4n) is 3.64. The van der Waals surface area contributed by atoms with Crippen LogP contribution in [0.15, 0.2) is 18.2 Å². The largest absolute Gasteiger partial charge is 0.467 e. The molecule has 1 atom stereocenters. The third kappa shape index (κ3) is 4.00. The van der Waals surface area contributed by atoms with Crippen LogP contribution in [-0.2, 0) is 32.0 Å². The second-order valence-corrected chi connectivity index (χ2v) is 6.69. The number of ether oxygens (including phenoxy) is 1.